The minimum atomic E-state index is -0.804. The van der Waals surface area contributed by atoms with E-state index in [1.165, 1.54) is 24.4 Å². The van der Waals surface area contributed by atoms with E-state index in [2.05, 4.69) is 20.4 Å². The van der Waals surface area contributed by atoms with Crippen LogP contribution in [0.1, 0.15) is 48.3 Å². The lowest BCUT2D eigenvalue weighted by molar-refractivity contribution is 0.0991. The number of nitrogens with zero attached hydrogens (tertiary/aromatic N) is 4. The molecule has 0 atom stereocenters. The van der Waals surface area contributed by atoms with E-state index in [0.29, 0.717) is 34.9 Å². The predicted molar refractivity (Wildman–Crippen MR) is 122 cm³/mol. The van der Waals surface area contributed by atoms with Gasteiger partial charge in [0.15, 0.2) is 0 Å². The maximum Gasteiger partial charge on any atom is 0.274 e. The monoisotopic (exact) mass is 461 g/mol. The molecule has 3 heterocycles. The first-order valence-electron chi connectivity index (χ1n) is 10.1. The van der Waals surface area contributed by atoms with Gasteiger partial charge in [0.05, 0.1) is 46.0 Å². The average Bonchev–Trinajstić information content (AvgIpc) is 3.05. The lowest BCUT2D eigenvalue weighted by Crippen LogP contribution is -2.18. The Morgan fingerprint density at radius 1 is 1.06 bits per heavy atom. The van der Waals surface area contributed by atoms with Crippen LogP contribution in [0.4, 0.5) is 10.1 Å². The highest BCUT2D eigenvalue weighted by Crippen LogP contribution is 2.23. The van der Waals surface area contributed by atoms with Gasteiger partial charge in [0.2, 0.25) is 11.8 Å². The summed E-state index contributed by atoms with van der Waals surface area (Å²) in [6.07, 6.45) is 1.39. The van der Waals surface area contributed by atoms with Crippen LogP contribution < -0.4 is 16.8 Å². The molecular weight excluding hydrogens is 441 g/mol. The molecule has 0 unspecified atom stereocenters. The highest BCUT2D eigenvalue weighted by Gasteiger charge is 2.19. The zero-order valence-electron chi connectivity index (χ0n) is 18.3. The van der Waals surface area contributed by atoms with E-state index in [4.69, 9.17) is 11.5 Å². The van der Waals surface area contributed by atoms with Gasteiger partial charge in [-0.2, -0.15) is 5.10 Å². The van der Waals surface area contributed by atoms with Crippen molar-refractivity contribution >= 4 is 34.3 Å². The van der Waals surface area contributed by atoms with Crippen molar-refractivity contribution in [3.05, 3.63) is 82.3 Å². The third kappa shape index (κ3) is 4.31. The predicted octanol–water partition coefficient (Wildman–Crippen LogP) is 2.08. The Kier molecular flexibility index (Phi) is 5.76. The molecule has 172 valence electrons. The van der Waals surface area contributed by atoms with Crippen molar-refractivity contribution in [3.63, 3.8) is 0 Å². The summed E-state index contributed by atoms with van der Waals surface area (Å²) < 4.78 is 15.3. The van der Waals surface area contributed by atoms with Crippen LogP contribution in [0.3, 0.4) is 0 Å². The molecule has 0 aliphatic carbocycles. The Hall–Kier alpha value is -4.67. The number of aromatic nitrogens is 4. The van der Waals surface area contributed by atoms with Gasteiger partial charge in [-0.25, -0.2) is 9.37 Å². The van der Waals surface area contributed by atoms with E-state index < -0.39 is 23.5 Å². The van der Waals surface area contributed by atoms with Crippen molar-refractivity contribution in [1.82, 2.24) is 19.7 Å². The van der Waals surface area contributed by atoms with Gasteiger partial charge in [-0.15, -0.1) is 0 Å². The Balaban J connectivity index is 1.62. The third-order valence-electron chi connectivity index (χ3n) is 5.31. The van der Waals surface area contributed by atoms with Crippen molar-refractivity contribution in [2.24, 2.45) is 11.5 Å². The molecule has 0 bridgehead atoms. The number of fused-ring (bicyclic) bond motifs is 1. The number of rotatable bonds is 6. The number of pyridine rings is 2. The molecule has 0 aliphatic rings. The Labute approximate surface area is 192 Å². The van der Waals surface area contributed by atoms with Gasteiger partial charge in [0.1, 0.15) is 11.5 Å². The van der Waals surface area contributed by atoms with Gasteiger partial charge in [-0.05, 0) is 50.2 Å². The number of hydrogen-bond acceptors (Lipinski definition) is 6. The average molecular weight is 461 g/mol. The zero-order valence-corrected chi connectivity index (χ0v) is 18.3. The summed E-state index contributed by atoms with van der Waals surface area (Å²) in [7, 11) is 0. The van der Waals surface area contributed by atoms with E-state index in [-0.39, 0.29) is 22.2 Å². The van der Waals surface area contributed by atoms with Crippen LogP contribution in [0.25, 0.3) is 10.9 Å². The number of halogens is 1. The molecule has 34 heavy (non-hydrogen) atoms. The van der Waals surface area contributed by atoms with Crippen LogP contribution in [0.2, 0.25) is 0 Å². The SMILES string of the molecule is Cc1nn(Cc2ccc(C(N)=O)cn2)c(C)c1NC(=O)c1cc(C(N)=O)c2cc(F)ccc2n1. The van der Waals surface area contributed by atoms with Crippen LogP contribution in [0, 0.1) is 19.7 Å². The Morgan fingerprint density at radius 3 is 2.47 bits per heavy atom. The number of carbonyl (C=O) groups is 3. The number of primary amides is 2. The van der Waals surface area contributed by atoms with E-state index >= 15 is 0 Å². The van der Waals surface area contributed by atoms with Gasteiger partial charge in [0, 0.05) is 11.6 Å². The van der Waals surface area contributed by atoms with Gasteiger partial charge in [-0.1, -0.05) is 0 Å². The van der Waals surface area contributed by atoms with Crippen LogP contribution >= 0.6 is 0 Å². The number of carbonyl (C=O) groups excluding carboxylic acids is 3. The molecule has 4 aromatic rings. The molecular formula is C23H20FN7O3. The molecule has 3 amide bonds. The van der Waals surface area contributed by atoms with Gasteiger partial charge < -0.3 is 16.8 Å². The lowest BCUT2D eigenvalue weighted by Gasteiger charge is -2.09. The van der Waals surface area contributed by atoms with Gasteiger partial charge in [0.25, 0.3) is 5.91 Å². The van der Waals surface area contributed by atoms with Crippen LogP contribution in [-0.4, -0.2) is 37.5 Å². The smallest absolute Gasteiger partial charge is 0.274 e. The number of benzene rings is 1. The first-order valence-corrected chi connectivity index (χ1v) is 10.1. The van der Waals surface area contributed by atoms with Crippen molar-refractivity contribution in [2.75, 3.05) is 5.32 Å². The molecule has 10 nitrogen and oxygen atoms in total. The summed E-state index contributed by atoms with van der Waals surface area (Å²) in [5.41, 5.74) is 13.5. The molecule has 4 rings (SSSR count). The van der Waals surface area contributed by atoms with E-state index in [0.717, 1.165) is 6.07 Å². The van der Waals surface area contributed by atoms with Crippen LogP contribution in [0.5, 0.6) is 0 Å². The lowest BCUT2D eigenvalue weighted by atomic mass is 10.1. The topological polar surface area (TPSA) is 159 Å². The Morgan fingerprint density at radius 2 is 1.82 bits per heavy atom. The molecule has 0 fully saturated rings. The fourth-order valence-electron chi connectivity index (χ4n) is 3.54. The standard InChI is InChI=1S/C23H20FN7O3/c1-11-20(12(2)31(30-11)10-15-5-3-13(9-27-15)21(25)32)29-23(34)19-8-17(22(26)33)16-7-14(24)4-6-18(16)28-19/h3-9H,10H2,1-2H3,(H2,25,32)(H2,26,33)(H,29,34). The number of nitrogens with one attached hydrogen (secondary N) is 1. The first-order chi connectivity index (χ1) is 16.1. The second kappa shape index (κ2) is 8.70. The molecule has 0 aliphatic heterocycles. The minimum absolute atomic E-state index is 0.00993. The molecule has 0 saturated heterocycles. The maximum atomic E-state index is 13.6. The largest absolute Gasteiger partial charge is 0.366 e. The number of anilines is 1. The maximum absolute atomic E-state index is 13.6. The van der Waals surface area contributed by atoms with Crippen LogP contribution in [-0.2, 0) is 6.54 Å². The summed E-state index contributed by atoms with van der Waals surface area (Å²) >= 11 is 0. The number of aryl methyl sites for hydroxylation is 1. The van der Waals surface area contributed by atoms with Gasteiger partial charge in [-0.3, -0.25) is 24.0 Å². The normalized spacial score (nSPS) is 10.9. The summed E-state index contributed by atoms with van der Waals surface area (Å²) in [5, 5.41) is 7.45. The van der Waals surface area contributed by atoms with Crippen molar-refractivity contribution in [1.29, 1.82) is 0 Å². The fraction of sp³-hybridized carbons (Fsp3) is 0.130. The van der Waals surface area contributed by atoms with Gasteiger partial charge >= 0.3 is 0 Å². The van der Waals surface area contributed by atoms with Crippen molar-refractivity contribution < 1.29 is 18.8 Å². The minimum Gasteiger partial charge on any atom is -0.366 e. The molecule has 11 heteroatoms. The van der Waals surface area contributed by atoms with E-state index in [9.17, 15) is 18.8 Å². The molecule has 0 spiro atoms. The quantitative estimate of drug-likeness (QED) is 0.399. The van der Waals surface area contributed by atoms with Crippen molar-refractivity contribution in [3.8, 4) is 0 Å². The van der Waals surface area contributed by atoms with E-state index in [1.54, 1.807) is 30.7 Å². The fourth-order valence-corrected chi connectivity index (χ4v) is 3.54. The summed E-state index contributed by atoms with van der Waals surface area (Å²) in [6.45, 7) is 3.81. The van der Waals surface area contributed by atoms with Crippen molar-refractivity contribution in [2.45, 2.75) is 20.4 Å². The number of hydrogen-bond donors (Lipinski definition) is 3. The zero-order chi connectivity index (χ0) is 24.6. The summed E-state index contributed by atoms with van der Waals surface area (Å²) in [4.78, 5) is 44.6. The van der Waals surface area contributed by atoms with Crippen LogP contribution in [0.15, 0.2) is 42.6 Å². The first kappa shape index (κ1) is 22.5. The Bertz CT molecular complexity index is 1460. The molecule has 0 saturated carbocycles. The number of amides is 3. The second-order valence-corrected chi connectivity index (χ2v) is 7.64. The molecule has 3 aromatic heterocycles. The molecule has 1 aromatic carbocycles. The molecule has 0 radical (unpaired) electrons. The summed E-state index contributed by atoms with van der Waals surface area (Å²) in [6, 6.07) is 8.18. The third-order valence-corrected chi connectivity index (χ3v) is 5.31. The highest BCUT2D eigenvalue weighted by molar-refractivity contribution is 6.10. The molecule has 5 N–H and O–H groups in total. The highest BCUT2D eigenvalue weighted by atomic mass is 19.1. The number of nitrogens with two attached hydrogens (primary N) is 2. The second-order valence-electron chi connectivity index (χ2n) is 7.64. The summed E-state index contributed by atoms with van der Waals surface area (Å²) in [5.74, 6) is -2.50. The van der Waals surface area contributed by atoms with E-state index in [1.807, 2.05) is 0 Å².